The molecule has 0 radical (unpaired) electrons. The molecule has 8 nitrogen and oxygen atoms in total. The Morgan fingerprint density at radius 3 is 2.67 bits per heavy atom. The van der Waals surface area contributed by atoms with Crippen LogP contribution in [0.25, 0.3) is 11.3 Å². The number of benzene rings is 1. The number of anilines is 1. The number of nitrogens with zero attached hydrogens (tertiary/aromatic N) is 2. The number of aliphatic hydroxyl groups is 1. The quantitative estimate of drug-likeness (QED) is 0.377. The first kappa shape index (κ1) is 24.2. The highest BCUT2D eigenvalue weighted by atomic mass is 19.4. The van der Waals surface area contributed by atoms with Gasteiger partial charge in [0.25, 0.3) is 5.91 Å². The number of nitrogens with one attached hydrogen (secondary N) is 3. The highest BCUT2D eigenvalue weighted by Gasteiger charge is 2.31. The number of aryl methyl sites for hydroxylation is 1. The summed E-state index contributed by atoms with van der Waals surface area (Å²) in [5.41, 5.74) is 4.68. The van der Waals surface area contributed by atoms with E-state index in [2.05, 4.69) is 25.7 Å². The van der Waals surface area contributed by atoms with Gasteiger partial charge in [-0.1, -0.05) is 12.1 Å². The van der Waals surface area contributed by atoms with Crippen LogP contribution in [-0.2, 0) is 11.0 Å². The van der Waals surface area contributed by atoms with E-state index in [0.717, 1.165) is 12.1 Å². The molecule has 0 bridgehead atoms. The smallest absolute Gasteiger partial charge is 0.394 e. The molecule has 0 spiro atoms. The van der Waals surface area contributed by atoms with Crippen LogP contribution in [0.1, 0.15) is 45.8 Å². The average Bonchev–Trinajstić information content (AvgIpc) is 3.09. The molecule has 0 saturated carbocycles. The van der Waals surface area contributed by atoms with Crippen LogP contribution < -0.4 is 10.8 Å². The van der Waals surface area contributed by atoms with E-state index in [1.165, 1.54) is 18.5 Å². The number of hydrogen-bond donors (Lipinski definition) is 4. The Morgan fingerprint density at radius 1 is 1.24 bits per heavy atom. The van der Waals surface area contributed by atoms with Gasteiger partial charge in [-0.05, 0) is 44.0 Å². The molecule has 2 aromatic heterocycles. The molecule has 0 aliphatic rings. The number of halogens is 3. The number of aromatic amines is 1. The van der Waals surface area contributed by atoms with E-state index < -0.39 is 30.3 Å². The van der Waals surface area contributed by atoms with Gasteiger partial charge in [0.1, 0.15) is 12.0 Å². The summed E-state index contributed by atoms with van der Waals surface area (Å²) >= 11 is 0. The first-order valence-corrected chi connectivity index (χ1v) is 10.1. The van der Waals surface area contributed by atoms with E-state index in [0.29, 0.717) is 34.9 Å². The zero-order chi connectivity index (χ0) is 24.2. The van der Waals surface area contributed by atoms with Crippen molar-refractivity contribution in [3.05, 3.63) is 64.7 Å². The van der Waals surface area contributed by atoms with Crippen molar-refractivity contribution in [1.29, 1.82) is 0 Å². The normalized spacial score (nSPS) is 12.5. The summed E-state index contributed by atoms with van der Waals surface area (Å²) in [6, 6.07) is 5.14. The third-order valence-corrected chi connectivity index (χ3v) is 5.01. The first-order chi connectivity index (χ1) is 15.7. The predicted octanol–water partition coefficient (Wildman–Crippen LogP) is 3.93. The molecule has 4 N–H and O–H groups in total. The molecular formula is C22H24F3N5O3. The molecule has 0 unspecified atom stereocenters. The molecule has 0 fully saturated rings. The van der Waals surface area contributed by atoms with Gasteiger partial charge in [-0.25, -0.2) is 15.4 Å². The van der Waals surface area contributed by atoms with E-state index in [1.54, 1.807) is 19.9 Å². The minimum atomic E-state index is -4.53. The van der Waals surface area contributed by atoms with Gasteiger partial charge in [-0.3, -0.25) is 9.63 Å². The summed E-state index contributed by atoms with van der Waals surface area (Å²) < 4.78 is 39.1. The van der Waals surface area contributed by atoms with Gasteiger partial charge in [0.05, 0.1) is 30.5 Å². The van der Waals surface area contributed by atoms with Crippen LogP contribution in [0, 0.1) is 13.8 Å². The van der Waals surface area contributed by atoms with Gasteiger partial charge >= 0.3 is 6.18 Å². The number of carbonyl (C=O) groups is 1. The summed E-state index contributed by atoms with van der Waals surface area (Å²) in [5, 5.41) is 12.3. The van der Waals surface area contributed by atoms with E-state index >= 15 is 0 Å². The average molecular weight is 463 g/mol. The zero-order valence-electron chi connectivity index (χ0n) is 18.2. The molecule has 0 aliphatic carbocycles. The Balaban J connectivity index is 1.87. The molecule has 176 valence electrons. The van der Waals surface area contributed by atoms with Gasteiger partial charge in [0.15, 0.2) is 5.82 Å². The van der Waals surface area contributed by atoms with Crippen molar-refractivity contribution >= 4 is 11.7 Å². The van der Waals surface area contributed by atoms with Gasteiger partial charge < -0.3 is 15.4 Å². The number of aliphatic hydroxyl groups excluding tert-OH is 1. The van der Waals surface area contributed by atoms with Crippen LogP contribution in [0.3, 0.4) is 0 Å². The monoisotopic (exact) mass is 463 g/mol. The SMILES string of the molecule is CCONc1cc(-c2c(C)[nH]c(C(=O)N[C@H](CO)c3cccc(C(F)(F)F)c3)c2C)ncn1. The first-order valence-electron chi connectivity index (χ1n) is 10.1. The maximum Gasteiger partial charge on any atom is 0.416 e. The van der Waals surface area contributed by atoms with Crippen molar-refractivity contribution in [1.82, 2.24) is 20.3 Å². The van der Waals surface area contributed by atoms with Gasteiger partial charge in [-0.15, -0.1) is 0 Å². The molecule has 0 aliphatic heterocycles. The van der Waals surface area contributed by atoms with Gasteiger partial charge in [-0.2, -0.15) is 13.2 Å². The van der Waals surface area contributed by atoms with Crippen LogP contribution >= 0.6 is 0 Å². The van der Waals surface area contributed by atoms with Crippen LogP contribution in [0.4, 0.5) is 19.0 Å². The molecule has 0 saturated heterocycles. The maximum atomic E-state index is 13.0. The second-order valence-electron chi connectivity index (χ2n) is 7.28. The third kappa shape index (κ3) is 5.49. The van der Waals surface area contributed by atoms with Crippen molar-refractivity contribution < 1.29 is 27.9 Å². The summed E-state index contributed by atoms with van der Waals surface area (Å²) in [5.74, 6) is -0.127. The topological polar surface area (TPSA) is 112 Å². The third-order valence-electron chi connectivity index (χ3n) is 5.01. The lowest BCUT2D eigenvalue weighted by molar-refractivity contribution is -0.137. The minimum Gasteiger partial charge on any atom is -0.394 e. The van der Waals surface area contributed by atoms with Crippen LogP contribution in [0.5, 0.6) is 0 Å². The van der Waals surface area contributed by atoms with Crippen LogP contribution in [0.2, 0.25) is 0 Å². The number of aromatic nitrogens is 3. The fourth-order valence-corrected chi connectivity index (χ4v) is 3.45. The Bertz CT molecular complexity index is 1130. The van der Waals surface area contributed by atoms with Crippen molar-refractivity contribution in [2.75, 3.05) is 18.7 Å². The zero-order valence-corrected chi connectivity index (χ0v) is 18.2. The van der Waals surface area contributed by atoms with E-state index in [4.69, 9.17) is 4.84 Å². The Hall–Kier alpha value is -3.44. The highest BCUT2D eigenvalue weighted by Crippen LogP contribution is 2.32. The number of carbonyl (C=O) groups excluding carboxylic acids is 1. The molecule has 2 heterocycles. The molecule has 1 aromatic carbocycles. The minimum absolute atomic E-state index is 0.143. The summed E-state index contributed by atoms with van der Waals surface area (Å²) in [4.78, 5) is 29.4. The number of alkyl halides is 3. The van der Waals surface area contributed by atoms with E-state index in [-0.39, 0.29) is 11.3 Å². The standard InChI is InChI=1S/C22H24F3N5O3/c1-4-33-30-18-9-16(26-11-27-18)19-12(2)20(28-13(19)3)21(32)29-17(10-31)14-6-5-7-15(8-14)22(23,24)25/h5-9,11,17,28,31H,4,10H2,1-3H3,(H,29,32)(H,26,27,30)/t17-/m1/s1. The Kier molecular flexibility index (Phi) is 7.34. The second kappa shape index (κ2) is 10.0. The second-order valence-corrected chi connectivity index (χ2v) is 7.28. The Morgan fingerprint density at radius 2 is 2.00 bits per heavy atom. The summed E-state index contributed by atoms with van der Waals surface area (Å²) in [6.45, 7) is 5.18. The number of H-pyrrole nitrogens is 1. The van der Waals surface area contributed by atoms with Gasteiger partial charge in [0.2, 0.25) is 0 Å². The molecule has 1 amide bonds. The maximum absolute atomic E-state index is 13.0. The van der Waals surface area contributed by atoms with Crippen molar-refractivity contribution in [2.45, 2.75) is 33.0 Å². The van der Waals surface area contributed by atoms with Crippen molar-refractivity contribution in [3.63, 3.8) is 0 Å². The van der Waals surface area contributed by atoms with Crippen molar-refractivity contribution in [3.8, 4) is 11.3 Å². The lowest BCUT2D eigenvalue weighted by atomic mass is 10.0. The lowest BCUT2D eigenvalue weighted by Gasteiger charge is -2.18. The fourth-order valence-electron chi connectivity index (χ4n) is 3.45. The van der Waals surface area contributed by atoms with Gasteiger partial charge in [0, 0.05) is 17.3 Å². The van der Waals surface area contributed by atoms with Crippen LogP contribution in [-0.4, -0.2) is 39.2 Å². The lowest BCUT2D eigenvalue weighted by Crippen LogP contribution is -2.31. The fraction of sp³-hybridized carbons (Fsp3) is 0.318. The van der Waals surface area contributed by atoms with Crippen LogP contribution in [0.15, 0.2) is 36.7 Å². The number of amides is 1. The Labute approximate surface area is 188 Å². The predicted molar refractivity (Wildman–Crippen MR) is 115 cm³/mol. The highest BCUT2D eigenvalue weighted by molar-refractivity contribution is 5.96. The number of rotatable bonds is 8. The molecule has 3 rings (SSSR count). The molecular weight excluding hydrogens is 439 g/mol. The van der Waals surface area contributed by atoms with E-state index in [9.17, 15) is 23.1 Å². The van der Waals surface area contributed by atoms with E-state index in [1.807, 2.05) is 6.92 Å². The van der Waals surface area contributed by atoms with Crippen molar-refractivity contribution in [2.24, 2.45) is 0 Å². The molecule has 33 heavy (non-hydrogen) atoms. The molecule has 11 heteroatoms. The molecule has 3 aromatic rings. The molecule has 1 atom stereocenters. The summed E-state index contributed by atoms with van der Waals surface area (Å²) in [6.07, 6.45) is -3.17. The largest absolute Gasteiger partial charge is 0.416 e. The summed E-state index contributed by atoms with van der Waals surface area (Å²) in [7, 11) is 0. The number of hydrogen-bond acceptors (Lipinski definition) is 6.